The van der Waals surface area contributed by atoms with Crippen LogP contribution in [0.5, 0.6) is 51.7 Å². The standard InChI is InChI=1S/C32H32O8/c1-36-21-12-9-19(10-13-21)15-23-24-17-25(33)28(34)32(39-4)30(24)40-31-27(23)20(16-26(38-3)29(31)35)11-8-18-6-5-7-22(14-18)37-2/h5-7,9-10,12-14,16-17,23,33-35H,8,11,15H2,1-4H3/t23-/m1/s1. The number of aryl methyl sites for hydroxylation is 2. The molecule has 8 heteroatoms. The van der Waals surface area contributed by atoms with Crippen LogP contribution in [-0.2, 0) is 19.3 Å². The second-order valence-corrected chi connectivity index (χ2v) is 9.58. The lowest BCUT2D eigenvalue weighted by atomic mass is 9.79. The van der Waals surface area contributed by atoms with Crippen molar-refractivity contribution in [2.24, 2.45) is 0 Å². The molecular formula is C32H32O8. The number of fused-ring (bicyclic) bond motifs is 2. The SMILES string of the molecule is COc1ccc(C[C@@H]2c3cc(O)c(O)c(OC)c3Oc3c(O)c(OC)cc(CCc4cccc(OC)c4)c32)cc1. The molecule has 0 spiro atoms. The Balaban J connectivity index is 1.67. The van der Waals surface area contributed by atoms with Crippen molar-refractivity contribution in [1.29, 1.82) is 0 Å². The first-order chi connectivity index (χ1) is 19.4. The van der Waals surface area contributed by atoms with Crippen molar-refractivity contribution >= 4 is 0 Å². The van der Waals surface area contributed by atoms with E-state index in [0.29, 0.717) is 24.8 Å². The maximum atomic E-state index is 11.2. The zero-order chi connectivity index (χ0) is 28.4. The number of methoxy groups -OCH3 is 4. The van der Waals surface area contributed by atoms with Crippen molar-refractivity contribution in [3.8, 4) is 51.7 Å². The highest BCUT2D eigenvalue weighted by molar-refractivity contribution is 5.72. The third kappa shape index (κ3) is 4.88. The topological polar surface area (TPSA) is 107 Å². The second kappa shape index (κ2) is 11.2. The molecule has 0 radical (unpaired) electrons. The molecule has 0 saturated carbocycles. The number of phenols is 3. The summed E-state index contributed by atoms with van der Waals surface area (Å²) in [4.78, 5) is 0. The van der Waals surface area contributed by atoms with Gasteiger partial charge >= 0.3 is 0 Å². The van der Waals surface area contributed by atoms with E-state index in [9.17, 15) is 15.3 Å². The molecule has 3 N–H and O–H groups in total. The molecule has 0 fully saturated rings. The predicted octanol–water partition coefficient (Wildman–Crippen LogP) is 6.10. The van der Waals surface area contributed by atoms with Crippen LogP contribution in [-0.4, -0.2) is 43.8 Å². The van der Waals surface area contributed by atoms with E-state index in [1.165, 1.54) is 20.3 Å². The van der Waals surface area contributed by atoms with E-state index in [4.69, 9.17) is 23.7 Å². The number of ether oxygens (including phenoxy) is 5. The van der Waals surface area contributed by atoms with Crippen LogP contribution in [0, 0.1) is 0 Å². The zero-order valence-corrected chi connectivity index (χ0v) is 22.9. The van der Waals surface area contributed by atoms with Crippen molar-refractivity contribution in [2.75, 3.05) is 28.4 Å². The highest BCUT2D eigenvalue weighted by Crippen LogP contribution is 2.59. The van der Waals surface area contributed by atoms with Crippen molar-refractivity contribution in [3.05, 3.63) is 88.5 Å². The average Bonchev–Trinajstić information content (AvgIpc) is 2.98. The summed E-state index contributed by atoms with van der Waals surface area (Å²) >= 11 is 0. The monoisotopic (exact) mass is 544 g/mol. The normalized spacial score (nSPS) is 13.6. The minimum atomic E-state index is -0.437. The minimum Gasteiger partial charge on any atom is -0.504 e. The van der Waals surface area contributed by atoms with Crippen molar-refractivity contribution in [3.63, 3.8) is 0 Å². The number of hydrogen-bond acceptors (Lipinski definition) is 8. The number of rotatable bonds is 9. The Hall–Kier alpha value is -4.72. The molecule has 5 rings (SSSR count). The molecule has 8 nitrogen and oxygen atoms in total. The molecule has 0 amide bonds. The molecule has 1 heterocycles. The molecule has 0 aliphatic carbocycles. The molecule has 0 saturated heterocycles. The summed E-state index contributed by atoms with van der Waals surface area (Å²) in [5, 5.41) is 32.4. The smallest absolute Gasteiger partial charge is 0.208 e. The molecule has 4 aromatic rings. The van der Waals surface area contributed by atoms with E-state index in [1.807, 2.05) is 54.6 Å². The number of aromatic hydroxyl groups is 3. The van der Waals surface area contributed by atoms with Crippen LogP contribution in [0.1, 0.15) is 33.7 Å². The number of phenolic OH excluding ortho intramolecular Hbond substituents is 3. The molecule has 0 unspecified atom stereocenters. The molecule has 40 heavy (non-hydrogen) atoms. The lowest BCUT2D eigenvalue weighted by Crippen LogP contribution is -2.17. The fraction of sp³-hybridized carbons (Fsp3) is 0.250. The van der Waals surface area contributed by atoms with Crippen LogP contribution in [0.2, 0.25) is 0 Å². The lowest BCUT2D eigenvalue weighted by molar-refractivity contribution is 0.313. The fourth-order valence-electron chi connectivity index (χ4n) is 5.30. The third-order valence-corrected chi connectivity index (χ3v) is 7.33. The van der Waals surface area contributed by atoms with E-state index < -0.39 is 5.75 Å². The maximum absolute atomic E-state index is 11.2. The van der Waals surface area contributed by atoms with Crippen LogP contribution in [0.3, 0.4) is 0 Å². The first-order valence-corrected chi connectivity index (χ1v) is 12.9. The van der Waals surface area contributed by atoms with E-state index in [-0.39, 0.29) is 40.4 Å². The molecule has 0 aromatic heterocycles. The van der Waals surface area contributed by atoms with E-state index in [1.54, 1.807) is 14.2 Å². The van der Waals surface area contributed by atoms with Crippen LogP contribution in [0.4, 0.5) is 0 Å². The van der Waals surface area contributed by atoms with Crippen LogP contribution in [0.15, 0.2) is 60.7 Å². The lowest BCUT2D eigenvalue weighted by Gasteiger charge is -2.32. The van der Waals surface area contributed by atoms with Gasteiger partial charge in [0.25, 0.3) is 0 Å². The van der Waals surface area contributed by atoms with Crippen molar-refractivity contribution in [2.45, 2.75) is 25.2 Å². The second-order valence-electron chi connectivity index (χ2n) is 9.58. The maximum Gasteiger partial charge on any atom is 0.208 e. The van der Waals surface area contributed by atoms with Gasteiger partial charge in [0.1, 0.15) is 11.5 Å². The van der Waals surface area contributed by atoms with Gasteiger partial charge in [-0.15, -0.1) is 0 Å². The summed E-state index contributed by atoms with van der Waals surface area (Å²) in [5.74, 6) is 0.967. The Morgan fingerprint density at radius 3 is 2.12 bits per heavy atom. The van der Waals surface area contributed by atoms with E-state index >= 15 is 0 Å². The summed E-state index contributed by atoms with van der Waals surface area (Å²) < 4.78 is 28.0. The van der Waals surface area contributed by atoms with Gasteiger partial charge in [0.2, 0.25) is 17.2 Å². The Kier molecular flexibility index (Phi) is 7.51. The Bertz CT molecular complexity index is 1530. The molecule has 4 aromatic carbocycles. The summed E-state index contributed by atoms with van der Waals surface area (Å²) in [6, 6.07) is 19.0. The molecule has 1 aliphatic rings. The zero-order valence-electron chi connectivity index (χ0n) is 22.9. The number of hydrogen-bond donors (Lipinski definition) is 3. The quantitative estimate of drug-likeness (QED) is 0.217. The van der Waals surface area contributed by atoms with Gasteiger partial charge in [-0.3, -0.25) is 0 Å². The third-order valence-electron chi connectivity index (χ3n) is 7.33. The van der Waals surface area contributed by atoms with Gasteiger partial charge in [-0.05, 0) is 72.4 Å². The number of benzene rings is 4. The van der Waals surface area contributed by atoms with E-state index in [0.717, 1.165) is 33.8 Å². The molecule has 1 aliphatic heterocycles. The van der Waals surface area contributed by atoms with E-state index in [2.05, 4.69) is 0 Å². The van der Waals surface area contributed by atoms with Gasteiger partial charge < -0.3 is 39.0 Å². The summed E-state index contributed by atoms with van der Waals surface area (Å²) in [5.41, 5.74) is 4.42. The highest BCUT2D eigenvalue weighted by atomic mass is 16.5. The van der Waals surface area contributed by atoms with Gasteiger partial charge in [-0.1, -0.05) is 24.3 Å². The van der Waals surface area contributed by atoms with Gasteiger partial charge in [0.05, 0.1) is 28.4 Å². The molecule has 0 bridgehead atoms. The Morgan fingerprint density at radius 1 is 0.700 bits per heavy atom. The van der Waals surface area contributed by atoms with Crippen LogP contribution < -0.4 is 23.7 Å². The largest absolute Gasteiger partial charge is 0.504 e. The van der Waals surface area contributed by atoms with Crippen LogP contribution >= 0.6 is 0 Å². The Labute approximate surface area is 232 Å². The highest BCUT2D eigenvalue weighted by Gasteiger charge is 2.37. The predicted molar refractivity (Wildman–Crippen MR) is 150 cm³/mol. The summed E-state index contributed by atoms with van der Waals surface area (Å²) in [6.45, 7) is 0. The fourth-order valence-corrected chi connectivity index (χ4v) is 5.30. The van der Waals surface area contributed by atoms with Gasteiger partial charge in [-0.25, -0.2) is 0 Å². The van der Waals surface area contributed by atoms with Gasteiger partial charge in [0.15, 0.2) is 23.0 Å². The van der Waals surface area contributed by atoms with Crippen molar-refractivity contribution < 1.29 is 39.0 Å². The molecule has 1 atom stereocenters. The van der Waals surface area contributed by atoms with Gasteiger partial charge in [0, 0.05) is 17.0 Å². The summed E-state index contributed by atoms with van der Waals surface area (Å²) in [7, 11) is 6.13. The van der Waals surface area contributed by atoms with Gasteiger partial charge in [-0.2, -0.15) is 0 Å². The summed E-state index contributed by atoms with van der Waals surface area (Å²) in [6.07, 6.45) is 1.83. The first kappa shape index (κ1) is 26.9. The van der Waals surface area contributed by atoms with Crippen molar-refractivity contribution in [1.82, 2.24) is 0 Å². The van der Waals surface area contributed by atoms with Crippen LogP contribution in [0.25, 0.3) is 0 Å². The Morgan fingerprint density at radius 2 is 1.45 bits per heavy atom. The first-order valence-electron chi connectivity index (χ1n) is 12.9. The molecular weight excluding hydrogens is 512 g/mol. The minimum absolute atomic E-state index is 0.0134. The average molecular weight is 545 g/mol. The molecule has 208 valence electrons.